The predicted octanol–water partition coefficient (Wildman–Crippen LogP) is 4.40. The normalized spacial score (nSPS) is 13.3. The largest absolute Gasteiger partial charge is 0.310 e. The zero-order valence-electron chi connectivity index (χ0n) is 16.5. The molecule has 0 radical (unpaired) electrons. The minimum Gasteiger partial charge on any atom is -0.310 e. The zero-order chi connectivity index (χ0) is 21.2. The lowest BCUT2D eigenvalue weighted by atomic mass is 10.2. The number of aromatic amines is 1. The molecule has 7 nitrogen and oxygen atoms in total. The van der Waals surface area contributed by atoms with Crippen molar-refractivity contribution in [3.8, 4) is 17.1 Å². The predicted molar refractivity (Wildman–Crippen MR) is 117 cm³/mol. The van der Waals surface area contributed by atoms with Crippen molar-refractivity contribution in [1.29, 1.82) is 0 Å². The summed E-state index contributed by atoms with van der Waals surface area (Å²) in [5.41, 5.74) is 2.22. The van der Waals surface area contributed by atoms with Gasteiger partial charge in [-0.1, -0.05) is 42.1 Å². The number of hydrogen-bond donors (Lipinski definition) is 2. The molecule has 0 atom stereocenters. The lowest BCUT2D eigenvalue weighted by molar-refractivity contribution is -0.113. The molecule has 1 fully saturated rings. The first-order chi connectivity index (χ1) is 15.2. The van der Waals surface area contributed by atoms with Crippen LogP contribution in [0, 0.1) is 5.82 Å². The molecule has 9 heteroatoms. The molecule has 1 amide bonds. The van der Waals surface area contributed by atoms with Gasteiger partial charge in [-0.15, -0.1) is 5.10 Å². The summed E-state index contributed by atoms with van der Waals surface area (Å²) >= 11 is 1.18. The summed E-state index contributed by atoms with van der Waals surface area (Å²) in [4.78, 5) is 16.9. The maximum atomic E-state index is 13.9. The van der Waals surface area contributed by atoms with Gasteiger partial charge in [0.2, 0.25) is 11.1 Å². The number of carbonyl (C=O) groups is 1. The third kappa shape index (κ3) is 4.36. The van der Waals surface area contributed by atoms with Crippen LogP contribution < -0.4 is 5.32 Å². The highest BCUT2D eigenvalue weighted by atomic mass is 32.2. The second kappa shape index (κ2) is 8.35. The second-order valence-corrected chi connectivity index (χ2v) is 8.20. The summed E-state index contributed by atoms with van der Waals surface area (Å²) in [5, 5.41) is 14.8. The number of thioether (sulfide) groups is 1. The fourth-order valence-corrected chi connectivity index (χ4v) is 3.83. The molecule has 4 aromatic rings. The van der Waals surface area contributed by atoms with E-state index in [9.17, 15) is 9.18 Å². The van der Waals surface area contributed by atoms with E-state index in [1.165, 1.54) is 17.8 Å². The maximum Gasteiger partial charge on any atom is 0.236 e. The Balaban J connectivity index is 1.27. The monoisotopic (exact) mass is 434 g/mol. The molecule has 5 rings (SSSR count). The number of amides is 1. The van der Waals surface area contributed by atoms with E-state index in [4.69, 9.17) is 0 Å². The lowest BCUT2D eigenvalue weighted by Gasteiger charge is -2.08. The van der Waals surface area contributed by atoms with Crippen molar-refractivity contribution in [2.75, 3.05) is 11.1 Å². The third-order valence-corrected chi connectivity index (χ3v) is 5.77. The van der Waals surface area contributed by atoms with Gasteiger partial charge in [0.1, 0.15) is 11.6 Å². The SMILES string of the molecule is O=C(CSc1n[nH]c(-c2ccccc2F)n1)Nc1cc(C2CC2)nn1-c1ccccc1. The van der Waals surface area contributed by atoms with Gasteiger partial charge in [0, 0.05) is 12.0 Å². The van der Waals surface area contributed by atoms with Gasteiger partial charge in [-0.05, 0) is 37.1 Å². The van der Waals surface area contributed by atoms with Crippen molar-refractivity contribution in [3.05, 3.63) is 72.2 Å². The van der Waals surface area contributed by atoms with Crippen LogP contribution in [0.2, 0.25) is 0 Å². The van der Waals surface area contributed by atoms with Gasteiger partial charge in [0.05, 0.1) is 22.7 Å². The van der Waals surface area contributed by atoms with Crippen LogP contribution in [0.3, 0.4) is 0 Å². The number of rotatable bonds is 7. The smallest absolute Gasteiger partial charge is 0.236 e. The summed E-state index contributed by atoms with van der Waals surface area (Å²) in [6.45, 7) is 0. The molecular weight excluding hydrogens is 415 g/mol. The van der Waals surface area contributed by atoms with E-state index >= 15 is 0 Å². The fourth-order valence-electron chi connectivity index (χ4n) is 3.23. The van der Waals surface area contributed by atoms with Gasteiger partial charge < -0.3 is 5.32 Å². The molecule has 2 heterocycles. The van der Waals surface area contributed by atoms with Crippen molar-refractivity contribution >= 4 is 23.5 Å². The number of carbonyl (C=O) groups excluding carboxylic acids is 1. The van der Waals surface area contributed by atoms with Gasteiger partial charge in [0.15, 0.2) is 5.82 Å². The van der Waals surface area contributed by atoms with Gasteiger partial charge >= 0.3 is 0 Å². The Morgan fingerprint density at radius 3 is 2.71 bits per heavy atom. The molecule has 156 valence electrons. The first-order valence-electron chi connectivity index (χ1n) is 9.93. The Labute approximate surface area is 182 Å². The number of nitrogens with zero attached hydrogens (tertiary/aromatic N) is 4. The molecule has 0 unspecified atom stereocenters. The standard InChI is InChI=1S/C22H19FN6OS/c23-17-9-5-4-8-16(17)21-25-22(27-26-21)31-13-20(30)24-19-12-18(14-10-11-14)28-29(19)15-6-2-1-3-7-15/h1-9,12,14H,10-11,13H2,(H,24,30)(H,25,26,27). The van der Waals surface area contributed by atoms with E-state index in [2.05, 4.69) is 25.6 Å². The topological polar surface area (TPSA) is 88.5 Å². The van der Waals surface area contributed by atoms with E-state index in [0.29, 0.717) is 28.3 Å². The molecule has 2 aromatic carbocycles. The third-order valence-electron chi connectivity index (χ3n) is 4.92. The fraction of sp³-hybridized carbons (Fsp3) is 0.182. The summed E-state index contributed by atoms with van der Waals surface area (Å²) in [5.74, 6) is 0.987. The van der Waals surface area contributed by atoms with Gasteiger partial charge in [-0.2, -0.15) is 5.10 Å². The summed E-state index contributed by atoms with van der Waals surface area (Å²) in [6.07, 6.45) is 2.26. The molecule has 2 aromatic heterocycles. The van der Waals surface area contributed by atoms with E-state index < -0.39 is 0 Å². The number of H-pyrrole nitrogens is 1. The van der Waals surface area contributed by atoms with Gasteiger partial charge in [-0.25, -0.2) is 14.1 Å². The molecule has 1 saturated carbocycles. The van der Waals surface area contributed by atoms with Crippen molar-refractivity contribution < 1.29 is 9.18 Å². The minimum atomic E-state index is -0.381. The minimum absolute atomic E-state index is 0.118. The van der Waals surface area contributed by atoms with E-state index in [1.54, 1.807) is 22.9 Å². The van der Waals surface area contributed by atoms with Gasteiger partial charge in [-0.3, -0.25) is 9.89 Å². The highest BCUT2D eigenvalue weighted by Crippen LogP contribution is 2.40. The van der Waals surface area contributed by atoms with Crippen molar-refractivity contribution in [2.24, 2.45) is 0 Å². The Hall–Kier alpha value is -3.46. The molecule has 2 N–H and O–H groups in total. The van der Waals surface area contributed by atoms with Crippen LogP contribution >= 0.6 is 11.8 Å². The average molecular weight is 435 g/mol. The highest BCUT2D eigenvalue weighted by Gasteiger charge is 2.28. The molecule has 0 bridgehead atoms. The molecule has 0 spiro atoms. The molecule has 1 aliphatic rings. The van der Waals surface area contributed by atoms with Crippen LogP contribution in [0.1, 0.15) is 24.5 Å². The molecule has 0 aliphatic heterocycles. The molecule has 31 heavy (non-hydrogen) atoms. The number of aromatic nitrogens is 5. The molecule has 0 saturated heterocycles. The Morgan fingerprint density at radius 2 is 1.94 bits per heavy atom. The number of halogens is 1. The Bertz CT molecular complexity index is 1220. The first-order valence-corrected chi connectivity index (χ1v) is 10.9. The van der Waals surface area contributed by atoms with Crippen LogP contribution in [0.25, 0.3) is 17.1 Å². The highest BCUT2D eigenvalue weighted by molar-refractivity contribution is 7.99. The zero-order valence-corrected chi connectivity index (χ0v) is 17.3. The van der Waals surface area contributed by atoms with Crippen molar-refractivity contribution in [3.63, 3.8) is 0 Å². The first kappa shape index (κ1) is 19.5. The van der Waals surface area contributed by atoms with Crippen LogP contribution in [0.4, 0.5) is 10.2 Å². The van der Waals surface area contributed by atoms with Crippen LogP contribution in [0.15, 0.2) is 65.8 Å². The van der Waals surface area contributed by atoms with E-state index in [0.717, 1.165) is 24.2 Å². The van der Waals surface area contributed by atoms with Crippen molar-refractivity contribution in [2.45, 2.75) is 23.9 Å². The quantitative estimate of drug-likeness (QED) is 0.421. The number of para-hydroxylation sites is 1. The number of anilines is 1. The Morgan fingerprint density at radius 1 is 1.16 bits per heavy atom. The summed E-state index contributed by atoms with van der Waals surface area (Å²) in [7, 11) is 0. The number of hydrogen-bond acceptors (Lipinski definition) is 5. The van der Waals surface area contributed by atoms with Crippen LogP contribution in [-0.4, -0.2) is 36.6 Å². The summed E-state index contributed by atoms with van der Waals surface area (Å²) in [6, 6.07) is 18.0. The maximum absolute atomic E-state index is 13.9. The summed E-state index contributed by atoms with van der Waals surface area (Å²) < 4.78 is 15.7. The number of nitrogens with one attached hydrogen (secondary N) is 2. The lowest BCUT2D eigenvalue weighted by Crippen LogP contribution is -2.17. The average Bonchev–Trinajstić information content (AvgIpc) is 3.39. The van der Waals surface area contributed by atoms with E-state index in [1.807, 2.05) is 36.4 Å². The van der Waals surface area contributed by atoms with Crippen LogP contribution in [-0.2, 0) is 4.79 Å². The Kier molecular flexibility index (Phi) is 5.25. The molecule has 1 aliphatic carbocycles. The van der Waals surface area contributed by atoms with Crippen molar-refractivity contribution in [1.82, 2.24) is 25.0 Å². The van der Waals surface area contributed by atoms with Gasteiger partial charge in [0.25, 0.3) is 0 Å². The second-order valence-electron chi connectivity index (χ2n) is 7.26. The number of benzene rings is 2. The van der Waals surface area contributed by atoms with Crippen LogP contribution in [0.5, 0.6) is 0 Å². The molecular formula is C22H19FN6OS. The van der Waals surface area contributed by atoms with E-state index in [-0.39, 0.29) is 17.5 Å².